The first kappa shape index (κ1) is 25.0. The summed E-state index contributed by atoms with van der Waals surface area (Å²) in [5.74, 6) is 1.91. The average Bonchev–Trinajstić information content (AvgIpc) is 3.43. The van der Waals surface area contributed by atoms with Crippen LogP contribution in [0.5, 0.6) is 11.5 Å². The van der Waals surface area contributed by atoms with Crippen molar-refractivity contribution >= 4 is 11.8 Å². The van der Waals surface area contributed by atoms with Crippen LogP contribution >= 0.6 is 0 Å². The van der Waals surface area contributed by atoms with Crippen LogP contribution in [-0.4, -0.2) is 74.6 Å². The van der Waals surface area contributed by atoms with Gasteiger partial charge in [-0.25, -0.2) is 0 Å². The van der Waals surface area contributed by atoms with E-state index in [-0.39, 0.29) is 17.9 Å². The van der Waals surface area contributed by atoms with E-state index in [4.69, 9.17) is 9.47 Å². The van der Waals surface area contributed by atoms with Gasteiger partial charge in [0.25, 0.3) is 5.91 Å². The van der Waals surface area contributed by atoms with Crippen molar-refractivity contribution in [1.29, 1.82) is 0 Å². The Morgan fingerprint density at radius 3 is 2.23 bits per heavy atom. The molecule has 188 valence electrons. The van der Waals surface area contributed by atoms with E-state index in [1.165, 1.54) is 12.8 Å². The SMILES string of the molecule is COc1ccccc1CCNC(=O)C(C1CCCC1)N1CCN(C(=O)c2ccccc2OC)CC1. The number of nitrogens with zero attached hydrogens (tertiary/aromatic N) is 2. The van der Waals surface area contributed by atoms with Crippen molar-refractivity contribution in [3.63, 3.8) is 0 Å². The lowest BCUT2D eigenvalue weighted by Gasteiger charge is -2.40. The minimum atomic E-state index is -0.140. The van der Waals surface area contributed by atoms with Crippen LogP contribution in [0.2, 0.25) is 0 Å². The Kier molecular flexibility index (Phi) is 8.64. The lowest BCUT2D eigenvalue weighted by Crippen LogP contribution is -2.58. The van der Waals surface area contributed by atoms with E-state index in [0.29, 0.717) is 50.0 Å². The number of carbonyl (C=O) groups excluding carboxylic acids is 2. The monoisotopic (exact) mass is 479 g/mol. The van der Waals surface area contributed by atoms with Crippen molar-refractivity contribution in [2.24, 2.45) is 5.92 Å². The highest BCUT2D eigenvalue weighted by Crippen LogP contribution is 2.31. The van der Waals surface area contributed by atoms with Gasteiger partial charge in [0, 0.05) is 32.7 Å². The molecule has 0 spiro atoms. The summed E-state index contributed by atoms with van der Waals surface area (Å²) in [5.41, 5.74) is 1.68. The third-order valence-corrected chi connectivity index (χ3v) is 7.33. The maximum absolute atomic E-state index is 13.4. The van der Waals surface area contributed by atoms with Gasteiger partial charge in [-0.3, -0.25) is 14.5 Å². The molecule has 2 fully saturated rings. The van der Waals surface area contributed by atoms with Crippen molar-refractivity contribution in [2.45, 2.75) is 38.1 Å². The molecule has 1 N–H and O–H groups in total. The molecular weight excluding hydrogens is 442 g/mol. The van der Waals surface area contributed by atoms with Gasteiger partial charge in [-0.15, -0.1) is 0 Å². The number of piperazine rings is 1. The van der Waals surface area contributed by atoms with Gasteiger partial charge in [0.05, 0.1) is 25.8 Å². The molecule has 1 atom stereocenters. The number of nitrogens with one attached hydrogen (secondary N) is 1. The lowest BCUT2D eigenvalue weighted by molar-refractivity contribution is -0.129. The van der Waals surface area contributed by atoms with E-state index in [2.05, 4.69) is 10.2 Å². The fourth-order valence-corrected chi connectivity index (χ4v) is 5.48. The van der Waals surface area contributed by atoms with Crippen molar-refractivity contribution in [3.8, 4) is 11.5 Å². The second kappa shape index (κ2) is 12.1. The van der Waals surface area contributed by atoms with E-state index in [0.717, 1.165) is 30.6 Å². The number of para-hydroxylation sites is 2. The second-order valence-electron chi connectivity index (χ2n) is 9.37. The molecule has 0 aromatic heterocycles. The standard InChI is InChI=1S/C28H37N3O4/c1-34-24-13-7-5-9-21(24)15-16-29-27(32)26(22-10-3-4-11-22)30-17-19-31(20-18-30)28(33)23-12-6-8-14-25(23)35-2/h5-9,12-14,22,26H,3-4,10-11,15-20H2,1-2H3,(H,29,32). The maximum atomic E-state index is 13.4. The van der Waals surface area contributed by atoms with Crippen LogP contribution in [0.1, 0.15) is 41.6 Å². The lowest BCUT2D eigenvalue weighted by atomic mass is 9.94. The molecular formula is C28H37N3O4. The third kappa shape index (κ3) is 5.96. The Morgan fingerprint density at radius 2 is 1.54 bits per heavy atom. The number of benzene rings is 2. The van der Waals surface area contributed by atoms with Crippen LogP contribution in [0.25, 0.3) is 0 Å². The number of ether oxygens (including phenoxy) is 2. The smallest absolute Gasteiger partial charge is 0.257 e. The van der Waals surface area contributed by atoms with Crippen LogP contribution in [0.4, 0.5) is 0 Å². The topological polar surface area (TPSA) is 71.1 Å². The molecule has 2 aromatic carbocycles. The highest BCUT2D eigenvalue weighted by Gasteiger charge is 2.37. The first-order valence-electron chi connectivity index (χ1n) is 12.7. The van der Waals surface area contributed by atoms with Crippen molar-refractivity contribution in [2.75, 3.05) is 46.9 Å². The predicted molar refractivity (Wildman–Crippen MR) is 136 cm³/mol. The van der Waals surface area contributed by atoms with Crippen LogP contribution in [0, 0.1) is 5.92 Å². The summed E-state index contributed by atoms with van der Waals surface area (Å²) < 4.78 is 10.8. The predicted octanol–water partition coefficient (Wildman–Crippen LogP) is 3.38. The van der Waals surface area contributed by atoms with Gasteiger partial charge >= 0.3 is 0 Å². The van der Waals surface area contributed by atoms with Crippen molar-refractivity contribution < 1.29 is 19.1 Å². The summed E-state index contributed by atoms with van der Waals surface area (Å²) in [6.07, 6.45) is 5.27. The number of hydrogen-bond donors (Lipinski definition) is 1. The summed E-state index contributed by atoms with van der Waals surface area (Å²) in [6, 6.07) is 15.1. The Bertz CT molecular complexity index is 997. The zero-order valence-electron chi connectivity index (χ0n) is 20.9. The molecule has 1 heterocycles. The Morgan fingerprint density at radius 1 is 0.914 bits per heavy atom. The van der Waals surface area contributed by atoms with Gasteiger partial charge in [0.2, 0.25) is 5.91 Å². The number of hydrogen-bond acceptors (Lipinski definition) is 5. The third-order valence-electron chi connectivity index (χ3n) is 7.33. The van der Waals surface area contributed by atoms with Crippen molar-refractivity contribution in [3.05, 3.63) is 59.7 Å². The minimum Gasteiger partial charge on any atom is -0.496 e. The zero-order valence-corrected chi connectivity index (χ0v) is 20.9. The summed E-state index contributed by atoms with van der Waals surface area (Å²) >= 11 is 0. The van der Waals surface area contributed by atoms with E-state index < -0.39 is 0 Å². The van der Waals surface area contributed by atoms with Crippen LogP contribution in [0.3, 0.4) is 0 Å². The molecule has 2 amide bonds. The Labute approximate surface area is 208 Å². The molecule has 7 nitrogen and oxygen atoms in total. The summed E-state index contributed by atoms with van der Waals surface area (Å²) in [4.78, 5) is 30.7. The molecule has 7 heteroatoms. The van der Waals surface area contributed by atoms with Crippen LogP contribution in [0.15, 0.2) is 48.5 Å². The highest BCUT2D eigenvalue weighted by atomic mass is 16.5. The zero-order chi connectivity index (χ0) is 24.6. The van der Waals surface area contributed by atoms with Gasteiger partial charge in [-0.1, -0.05) is 43.2 Å². The number of methoxy groups -OCH3 is 2. The van der Waals surface area contributed by atoms with Gasteiger partial charge in [0.15, 0.2) is 0 Å². The van der Waals surface area contributed by atoms with E-state index in [1.807, 2.05) is 53.4 Å². The summed E-state index contributed by atoms with van der Waals surface area (Å²) in [6.45, 7) is 3.18. The van der Waals surface area contributed by atoms with E-state index in [1.54, 1.807) is 14.2 Å². The molecule has 2 aromatic rings. The molecule has 1 saturated heterocycles. The number of amides is 2. The quantitative estimate of drug-likeness (QED) is 0.597. The molecule has 1 unspecified atom stereocenters. The van der Waals surface area contributed by atoms with Gasteiger partial charge in [-0.05, 0) is 48.9 Å². The number of carbonyl (C=O) groups is 2. The van der Waals surface area contributed by atoms with Crippen molar-refractivity contribution in [1.82, 2.24) is 15.1 Å². The normalized spacial score (nSPS) is 17.7. The average molecular weight is 480 g/mol. The molecule has 0 radical (unpaired) electrons. The fourth-order valence-electron chi connectivity index (χ4n) is 5.48. The first-order valence-corrected chi connectivity index (χ1v) is 12.7. The Balaban J connectivity index is 1.37. The largest absolute Gasteiger partial charge is 0.496 e. The maximum Gasteiger partial charge on any atom is 0.257 e. The summed E-state index contributed by atoms with van der Waals surface area (Å²) in [5, 5.41) is 3.20. The molecule has 2 aliphatic rings. The van der Waals surface area contributed by atoms with Gasteiger partial charge in [0.1, 0.15) is 11.5 Å². The number of rotatable bonds is 9. The minimum absolute atomic E-state index is 0.0132. The molecule has 4 rings (SSSR count). The van der Waals surface area contributed by atoms with E-state index in [9.17, 15) is 9.59 Å². The Hall–Kier alpha value is -3.06. The first-order chi connectivity index (χ1) is 17.1. The molecule has 1 saturated carbocycles. The van der Waals surface area contributed by atoms with Gasteiger partial charge in [-0.2, -0.15) is 0 Å². The fraction of sp³-hybridized carbons (Fsp3) is 0.500. The van der Waals surface area contributed by atoms with Crippen LogP contribution in [-0.2, 0) is 11.2 Å². The molecule has 35 heavy (non-hydrogen) atoms. The second-order valence-corrected chi connectivity index (χ2v) is 9.37. The molecule has 0 bridgehead atoms. The van der Waals surface area contributed by atoms with Crippen LogP contribution < -0.4 is 14.8 Å². The van der Waals surface area contributed by atoms with E-state index >= 15 is 0 Å². The molecule has 1 aliphatic carbocycles. The summed E-state index contributed by atoms with van der Waals surface area (Å²) in [7, 11) is 3.26. The molecule has 1 aliphatic heterocycles. The van der Waals surface area contributed by atoms with Gasteiger partial charge < -0.3 is 19.7 Å². The highest BCUT2D eigenvalue weighted by molar-refractivity contribution is 5.97.